The number of alkyl halides is 3. The Morgan fingerprint density at radius 1 is 1.17 bits per heavy atom. The lowest BCUT2D eigenvalue weighted by atomic mass is 9.98. The lowest BCUT2D eigenvalue weighted by Gasteiger charge is -2.31. The van der Waals surface area contributed by atoms with Crippen LogP contribution in [0, 0.1) is 0 Å². The largest absolute Gasteiger partial charge is 0.478 e. The maximum Gasteiger partial charge on any atom is 0.430 e. The van der Waals surface area contributed by atoms with Gasteiger partial charge in [-0.3, -0.25) is 0 Å². The summed E-state index contributed by atoms with van der Waals surface area (Å²) in [6.45, 7) is 0. The summed E-state index contributed by atoms with van der Waals surface area (Å²) in [5.41, 5.74) is 0.00164. The molecule has 0 amide bonds. The van der Waals surface area contributed by atoms with E-state index < -0.39 is 23.8 Å². The van der Waals surface area contributed by atoms with Gasteiger partial charge in [0.05, 0.1) is 22.0 Å². The van der Waals surface area contributed by atoms with Crippen molar-refractivity contribution in [3.05, 3.63) is 16.2 Å². The Hall–Kier alpha value is -2.29. The van der Waals surface area contributed by atoms with Crippen LogP contribution in [0.2, 0.25) is 5.02 Å². The zero-order chi connectivity index (χ0) is 18.2. The Morgan fingerprint density at radius 3 is 2.12 bits per heavy atom. The molecule has 0 aromatic heterocycles. The van der Waals surface area contributed by atoms with Crippen molar-refractivity contribution >= 4 is 40.7 Å². The Morgan fingerprint density at radius 2 is 1.71 bits per heavy atom. The van der Waals surface area contributed by atoms with Crippen molar-refractivity contribution in [2.45, 2.75) is 12.3 Å². The molecule has 0 bridgehead atoms. The van der Waals surface area contributed by atoms with Gasteiger partial charge >= 0.3 is 12.1 Å². The maximum atomic E-state index is 13.2. The number of benzene rings is 1. The van der Waals surface area contributed by atoms with Crippen LogP contribution in [0.25, 0.3) is 6.08 Å². The number of fused-ring (bicyclic) bond motifs is 1. The van der Waals surface area contributed by atoms with Gasteiger partial charge in [0.1, 0.15) is 5.69 Å². The summed E-state index contributed by atoms with van der Waals surface area (Å²) in [6, 6.07) is 0. The molecule has 1 aromatic rings. The van der Waals surface area contributed by atoms with Crippen LogP contribution in [-0.4, -0.2) is 44.5 Å². The number of carboxylic acid groups (broad SMARTS) is 1. The fraction of sp³-hybridized carbons (Fsp3) is 0.357. The molecule has 1 aliphatic rings. The number of carboxylic acids is 1. The number of carbonyl (C=O) groups is 1. The summed E-state index contributed by atoms with van der Waals surface area (Å²) >= 11 is 6.26. The van der Waals surface area contributed by atoms with Crippen molar-refractivity contribution in [3.63, 3.8) is 0 Å². The summed E-state index contributed by atoms with van der Waals surface area (Å²) < 4.78 is 44.7. The number of hydrogen-bond donors (Lipinski definition) is 4. The van der Waals surface area contributed by atoms with E-state index in [9.17, 15) is 18.0 Å². The van der Waals surface area contributed by atoms with Crippen molar-refractivity contribution in [1.82, 2.24) is 0 Å². The fourth-order valence-electron chi connectivity index (χ4n) is 2.52. The summed E-state index contributed by atoms with van der Waals surface area (Å²) in [5, 5.41) is 17.6. The highest BCUT2D eigenvalue weighted by Crippen LogP contribution is 2.51. The molecule has 4 N–H and O–H groups in total. The van der Waals surface area contributed by atoms with Gasteiger partial charge in [0.2, 0.25) is 6.10 Å². The van der Waals surface area contributed by atoms with Crippen LogP contribution < -0.4 is 20.7 Å². The molecule has 6 nitrogen and oxygen atoms in total. The number of rotatable bonds is 4. The lowest BCUT2D eigenvalue weighted by Crippen LogP contribution is -2.40. The Balaban J connectivity index is 2.84. The van der Waals surface area contributed by atoms with Crippen molar-refractivity contribution in [2.24, 2.45) is 0 Å². The molecule has 1 aliphatic heterocycles. The van der Waals surface area contributed by atoms with Gasteiger partial charge in [0, 0.05) is 26.7 Å². The molecule has 2 rings (SSSR count). The average molecular weight is 366 g/mol. The predicted octanol–water partition coefficient (Wildman–Crippen LogP) is 3.26. The number of hydrogen-bond acceptors (Lipinski definition) is 5. The molecule has 0 aliphatic carbocycles. The predicted molar refractivity (Wildman–Crippen MR) is 86.2 cm³/mol. The van der Waals surface area contributed by atoms with Crippen LogP contribution in [-0.2, 0) is 4.79 Å². The molecule has 0 saturated carbocycles. The topological polar surface area (TPSA) is 82.6 Å². The van der Waals surface area contributed by atoms with E-state index in [4.69, 9.17) is 21.4 Å². The zero-order valence-corrected chi connectivity index (χ0v) is 13.7. The SMILES string of the molecule is CNc1c(Cl)c(NC)c(NC)c2c1C=C(C(=O)O)C(C(F)(F)F)O2. The van der Waals surface area contributed by atoms with Gasteiger partial charge in [0.25, 0.3) is 0 Å². The molecular formula is C14H15ClF3N3O3. The third-order valence-electron chi connectivity index (χ3n) is 3.54. The first-order valence-electron chi connectivity index (χ1n) is 6.78. The zero-order valence-electron chi connectivity index (χ0n) is 12.9. The standard InChI is InChI=1S/C14H15ClF3N3O3/c1-19-8-5-4-6(13(22)23)12(14(16,17)18)24-11(5)10(21-3)9(20-2)7(8)15/h4,12,19-21H,1-3H3,(H,22,23). The second-order valence-electron chi connectivity index (χ2n) is 4.88. The fourth-order valence-corrected chi connectivity index (χ4v) is 2.91. The highest BCUT2D eigenvalue weighted by molar-refractivity contribution is 6.37. The minimum absolute atomic E-state index is 0.128. The summed E-state index contributed by atoms with van der Waals surface area (Å²) in [5.74, 6) is -1.85. The third kappa shape index (κ3) is 2.79. The molecule has 0 saturated heterocycles. The number of aliphatic carboxylic acids is 1. The molecular weight excluding hydrogens is 351 g/mol. The van der Waals surface area contributed by atoms with E-state index in [1.54, 1.807) is 7.05 Å². The smallest absolute Gasteiger partial charge is 0.430 e. The monoisotopic (exact) mass is 365 g/mol. The highest BCUT2D eigenvalue weighted by Gasteiger charge is 2.49. The summed E-state index contributed by atoms with van der Waals surface area (Å²) in [6.07, 6.45) is -6.53. The van der Waals surface area contributed by atoms with Crippen molar-refractivity contribution < 1.29 is 27.8 Å². The van der Waals surface area contributed by atoms with Crippen molar-refractivity contribution in [3.8, 4) is 5.75 Å². The van der Waals surface area contributed by atoms with Gasteiger partial charge in [-0.15, -0.1) is 0 Å². The Labute approximate surface area is 140 Å². The molecule has 0 radical (unpaired) electrons. The minimum Gasteiger partial charge on any atom is -0.478 e. The van der Waals surface area contributed by atoms with Crippen LogP contribution in [0.1, 0.15) is 5.56 Å². The molecule has 0 fully saturated rings. The first-order valence-corrected chi connectivity index (χ1v) is 7.16. The van der Waals surface area contributed by atoms with Crippen LogP contribution in [0.15, 0.2) is 5.57 Å². The van der Waals surface area contributed by atoms with E-state index in [1.165, 1.54) is 14.1 Å². The lowest BCUT2D eigenvalue weighted by molar-refractivity contribution is -0.187. The highest BCUT2D eigenvalue weighted by atomic mass is 35.5. The number of anilines is 3. The molecule has 1 heterocycles. The second-order valence-corrected chi connectivity index (χ2v) is 5.25. The van der Waals surface area contributed by atoms with Crippen molar-refractivity contribution in [2.75, 3.05) is 37.1 Å². The summed E-state index contributed by atoms with van der Waals surface area (Å²) in [4.78, 5) is 11.3. The molecule has 1 aromatic carbocycles. The van der Waals surface area contributed by atoms with E-state index in [0.29, 0.717) is 5.69 Å². The van der Waals surface area contributed by atoms with Crippen LogP contribution >= 0.6 is 11.6 Å². The van der Waals surface area contributed by atoms with Gasteiger partial charge in [-0.25, -0.2) is 4.79 Å². The first kappa shape index (κ1) is 18.1. The molecule has 132 valence electrons. The van der Waals surface area contributed by atoms with Gasteiger partial charge < -0.3 is 25.8 Å². The van der Waals surface area contributed by atoms with Crippen LogP contribution in [0.4, 0.5) is 30.2 Å². The third-order valence-corrected chi connectivity index (χ3v) is 3.92. The van der Waals surface area contributed by atoms with E-state index >= 15 is 0 Å². The number of ether oxygens (including phenoxy) is 1. The van der Waals surface area contributed by atoms with Gasteiger partial charge in [0.15, 0.2) is 5.75 Å². The van der Waals surface area contributed by atoms with Gasteiger partial charge in [-0.1, -0.05) is 11.6 Å². The van der Waals surface area contributed by atoms with Crippen molar-refractivity contribution in [1.29, 1.82) is 0 Å². The van der Waals surface area contributed by atoms with Gasteiger partial charge in [-0.05, 0) is 6.08 Å². The molecule has 0 spiro atoms. The number of halogens is 4. The summed E-state index contributed by atoms with van der Waals surface area (Å²) in [7, 11) is 4.56. The average Bonchev–Trinajstić information content (AvgIpc) is 2.51. The minimum atomic E-state index is -4.88. The van der Waals surface area contributed by atoms with Crippen LogP contribution in [0.5, 0.6) is 5.75 Å². The Kier molecular flexibility index (Phi) is 4.75. The quantitative estimate of drug-likeness (QED) is 0.655. The van der Waals surface area contributed by atoms with E-state index in [0.717, 1.165) is 6.08 Å². The van der Waals surface area contributed by atoms with E-state index in [1.807, 2.05) is 0 Å². The molecule has 1 atom stereocenters. The maximum absolute atomic E-state index is 13.2. The number of nitrogens with one attached hydrogen (secondary N) is 3. The second kappa shape index (κ2) is 6.31. The molecule has 1 unspecified atom stereocenters. The van der Waals surface area contributed by atoms with E-state index in [-0.39, 0.29) is 27.7 Å². The van der Waals surface area contributed by atoms with Gasteiger partial charge in [-0.2, -0.15) is 13.2 Å². The van der Waals surface area contributed by atoms with E-state index in [2.05, 4.69) is 16.0 Å². The first-order chi connectivity index (χ1) is 11.2. The van der Waals surface area contributed by atoms with Crippen LogP contribution in [0.3, 0.4) is 0 Å². The molecule has 24 heavy (non-hydrogen) atoms. The molecule has 10 heteroatoms. The normalized spacial score (nSPS) is 16.6. The Bertz CT molecular complexity index is 720.